The lowest BCUT2D eigenvalue weighted by Crippen LogP contribution is -2.36. The van der Waals surface area contributed by atoms with Gasteiger partial charge in [0.15, 0.2) is 0 Å². The molecule has 0 aliphatic heterocycles. The fourth-order valence-corrected chi connectivity index (χ4v) is 4.16. The van der Waals surface area contributed by atoms with Gasteiger partial charge in [-0.25, -0.2) is 4.98 Å². The van der Waals surface area contributed by atoms with E-state index in [2.05, 4.69) is 27.4 Å². The van der Waals surface area contributed by atoms with Gasteiger partial charge in [0.05, 0.1) is 18.5 Å². The Bertz CT molecular complexity index is 945. The van der Waals surface area contributed by atoms with Crippen molar-refractivity contribution in [3.63, 3.8) is 0 Å². The minimum atomic E-state index is -0.102. The highest BCUT2D eigenvalue weighted by Crippen LogP contribution is 2.26. The summed E-state index contributed by atoms with van der Waals surface area (Å²) in [7, 11) is 0. The highest BCUT2D eigenvalue weighted by atomic mass is 16.5. The third kappa shape index (κ3) is 9.55. The number of nitrogens with one attached hydrogen (secondary N) is 2. The van der Waals surface area contributed by atoms with Crippen molar-refractivity contribution in [2.45, 2.75) is 45.4 Å². The minimum absolute atomic E-state index is 0. The van der Waals surface area contributed by atoms with Crippen molar-refractivity contribution in [1.82, 2.24) is 15.2 Å². The van der Waals surface area contributed by atoms with Crippen LogP contribution in [0.3, 0.4) is 0 Å². The van der Waals surface area contributed by atoms with E-state index in [9.17, 15) is 4.79 Å². The van der Waals surface area contributed by atoms with Gasteiger partial charge in [0.25, 0.3) is 5.91 Å². The Morgan fingerprint density at radius 3 is 2.86 bits per heavy atom. The van der Waals surface area contributed by atoms with Crippen LogP contribution < -0.4 is 15.4 Å². The maximum Gasteiger partial charge on any atom is 0.251 e. The molecule has 1 heterocycles. The van der Waals surface area contributed by atoms with Crippen LogP contribution in [-0.4, -0.2) is 55.5 Å². The molecule has 190 valence electrons. The number of anilines is 1. The lowest BCUT2D eigenvalue weighted by atomic mass is 9.87. The van der Waals surface area contributed by atoms with Crippen molar-refractivity contribution in [2.24, 2.45) is 5.92 Å². The van der Waals surface area contributed by atoms with Crippen molar-refractivity contribution in [2.75, 3.05) is 45.0 Å². The van der Waals surface area contributed by atoms with E-state index in [1.807, 2.05) is 30.3 Å². The molecule has 3 rings (SSSR count). The Kier molecular flexibility index (Phi) is 11.3. The van der Waals surface area contributed by atoms with E-state index in [-0.39, 0.29) is 7.33 Å². The van der Waals surface area contributed by atoms with Gasteiger partial charge in [-0.15, -0.1) is 0 Å². The third-order valence-electron chi connectivity index (χ3n) is 6.31. The molecule has 1 saturated carbocycles. The number of nitriles is 1. The number of amides is 1. The number of pyridine rings is 1. The first-order valence-electron chi connectivity index (χ1n) is 12.6. The van der Waals surface area contributed by atoms with Gasteiger partial charge >= 0.3 is 0 Å². The van der Waals surface area contributed by atoms with Crippen LogP contribution >= 0.6 is 0 Å². The highest BCUT2D eigenvalue weighted by Gasteiger charge is 2.13. The summed E-state index contributed by atoms with van der Waals surface area (Å²) in [5.41, 5.74) is 1.78. The Morgan fingerprint density at radius 1 is 1.26 bits per heavy atom. The summed E-state index contributed by atoms with van der Waals surface area (Å²) in [6.07, 6.45) is 9.38. The summed E-state index contributed by atoms with van der Waals surface area (Å²) in [4.78, 5) is 18.7. The van der Waals surface area contributed by atoms with Gasteiger partial charge in [-0.2, -0.15) is 5.26 Å². The smallest absolute Gasteiger partial charge is 0.251 e. The number of carbonyl (C=O) groups is 1. The van der Waals surface area contributed by atoms with E-state index < -0.39 is 0 Å². The summed E-state index contributed by atoms with van der Waals surface area (Å²) >= 11 is 0. The van der Waals surface area contributed by atoms with E-state index in [1.165, 1.54) is 32.1 Å². The fourth-order valence-electron chi connectivity index (χ4n) is 4.16. The zero-order chi connectivity index (χ0) is 24.7. The molecule has 0 atom stereocenters. The monoisotopic (exact) mass is 481 g/mol. The second kappa shape index (κ2) is 15.0. The quantitative estimate of drug-likeness (QED) is 0.299. The Morgan fingerprint density at radius 2 is 2.11 bits per heavy atom. The van der Waals surface area contributed by atoms with Crippen LogP contribution in [0.1, 0.15) is 62.9 Å². The van der Waals surface area contributed by atoms with Crippen LogP contribution in [0.5, 0.6) is 5.75 Å². The number of hydrogen-bond donors (Lipinski definition) is 2. The molecule has 0 radical (unpaired) electrons. The molecule has 0 unspecified atom stereocenters. The van der Waals surface area contributed by atoms with Gasteiger partial charge < -0.3 is 20.1 Å². The van der Waals surface area contributed by atoms with Gasteiger partial charge in [0, 0.05) is 20.1 Å². The van der Waals surface area contributed by atoms with Crippen LogP contribution in [0.2, 0.25) is 0 Å². The standard InChI is InChI=1S/C27H37N5O3.H2/c1-2-32(21-34-20-31-25-12-11-24(18-28)30-19-25)15-14-29-27(33)23-9-6-10-26(17-23)35-16-13-22-7-4-3-5-8-22;/h6,9-12,17,19,22,31H,2-5,7-8,13-16,20-21H2,1H3,(H,29,33);1H. The van der Waals surface area contributed by atoms with Crippen molar-refractivity contribution in [3.05, 3.63) is 53.9 Å². The van der Waals surface area contributed by atoms with Gasteiger partial charge in [0.2, 0.25) is 0 Å². The molecule has 1 aromatic heterocycles. The number of benzene rings is 1. The molecule has 2 aromatic rings. The number of carbonyl (C=O) groups excluding carboxylic acids is 1. The molecular formula is C27H39N5O3. The van der Waals surface area contributed by atoms with Crippen LogP contribution in [0, 0.1) is 17.2 Å². The fraction of sp³-hybridized carbons (Fsp3) is 0.519. The highest BCUT2D eigenvalue weighted by molar-refractivity contribution is 5.94. The molecule has 1 fully saturated rings. The normalized spacial score (nSPS) is 13.9. The average Bonchev–Trinajstić information content (AvgIpc) is 2.91. The molecule has 1 aliphatic rings. The molecule has 2 N–H and O–H groups in total. The summed E-state index contributed by atoms with van der Waals surface area (Å²) in [6.45, 7) is 5.53. The van der Waals surface area contributed by atoms with Crippen LogP contribution in [0.15, 0.2) is 42.6 Å². The molecule has 35 heavy (non-hydrogen) atoms. The molecule has 0 bridgehead atoms. The lowest BCUT2D eigenvalue weighted by Gasteiger charge is -2.21. The number of rotatable bonds is 14. The number of aromatic nitrogens is 1. The van der Waals surface area contributed by atoms with Gasteiger partial charge in [-0.1, -0.05) is 45.1 Å². The SMILES string of the molecule is CCN(CCNC(=O)c1cccc(OCCC2CCCCC2)c1)COCNc1ccc(C#N)nc1.[HH]. The van der Waals surface area contributed by atoms with Crippen molar-refractivity contribution in [1.29, 1.82) is 5.26 Å². The molecule has 1 aromatic carbocycles. The van der Waals surface area contributed by atoms with E-state index in [0.29, 0.717) is 44.4 Å². The number of likely N-dealkylation sites (N-methyl/N-ethyl adjacent to an activating group) is 1. The Balaban J connectivity index is 0.00000456. The van der Waals surface area contributed by atoms with E-state index >= 15 is 0 Å². The van der Waals surface area contributed by atoms with Crippen molar-refractivity contribution in [3.8, 4) is 11.8 Å². The van der Waals surface area contributed by atoms with Crippen molar-refractivity contribution < 1.29 is 15.7 Å². The molecule has 8 heteroatoms. The maximum absolute atomic E-state index is 12.6. The average molecular weight is 482 g/mol. The maximum atomic E-state index is 12.6. The third-order valence-corrected chi connectivity index (χ3v) is 6.31. The first-order valence-corrected chi connectivity index (χ1v) is 12.6. The predicted octanol–water partition coefficient (Wildman–Crippen LogP) is 4.64. The van der Waals surface area contributed by atoms with E-state index in [0.717, 1.165) is 30.3 Å². The van der Waals surface area contributed by atoms with Crippen LogP contribution in [0.4, 0.5) is 5.69 Å². The molecule has 0 spiro atoms. The van der Waals surface area contributed by atoms with Crippen molar-refractivity contribution >= 4 is 11.6 Å². The first kappa shape index (κ1) is 26.5. The Hall–Kier alpha value is -3.15. The molecule has 8 nitrogen and oxygen atoms in total. The molecule has 1 amide bonds. The summed E-state index contributed by atoms with van der Waals surface area (Å²) in [5.74, 6) is 1.43. The molecular weight excluding hydrogens is 442 g/mol. The summed E-state index contributed by atoms with van der Waals surface area (Å²) in [6, 6.07) is 12.9. The van der Waals surface area contributed by atoms with E-state index in [4.69, 9.17) is 14.7 Å². The zero-order valence-corrected chi connectivity index (χ0v) is 20.7. The predicted molar refractivity (Wildman–Crippen MR) is 138 cm³/mol. The lowest BCUT2D eigenvalue weighted by molar-refractivity contribution is 0.0415. The summed E-state index contributed by atoms with van der Waals surface area (Å²) in [5, 5.41) is 14.9. The number of ether oxygens (including phenoxy) is 2. The first-order chi connectivity index (χ1) is 17.2. The topological polar surface area (TPSA) is 99.5 Å². The second-order valence-corrected chi connectivity index (χ2v) is 8.83. The second-order valence-electron chi connectivity index (χ2n) is 8.83. The van der Waals surface area contributed by atoms with Crippen LogP contribution in [-0.2, 0) is 4.74 Å². The van der Waals surface area contributed by atoms with Gasteiger partial charge in [0.1, 0.15) is 31.0 Å². The number of hydrogen-bond acceptors (Lipinski definition) is 7. The van der Waals surface area contributed by atoms with Gasteiger partial charge in [-0.3, -0.25) is 9.69 Å². The Labute approximate surface area is 210 Å². The minimum Gasteiger partial charge on any atom is -0.494 e. The van der Waals surface area contributed by atoms with Gasteiger partial charge in [-0.05, 0) is 49.2 Å². The number of nitrogens with zero attached hydrogens (tertiary/aromatic N) is 3. The van der Waals surface area contributed by atoms with E-state index in [1.54, 1.807) is 18.3 Å². The van der Waals surface area contributed by atoms with Crippen LogP contribution in [0.25, 0.3) is 0 Å². The summed E-state index contributed by atoms with van der Waals surface area (Å²) < 4.78 is 11.6. The molecule has 1 aliphatic carbocycles. The zero-order valence-electron chi connectivity index (χ0n) is 20.7. The molecule has 0 saturated heterocycles. The largest absolute Gasteiger partial charge is 0.494 e.